The molecule has 0 radical (unpaired) electrons. The van der Waals surface area contributed by atoms with Gasteiger partial charge in [0.05, 0.1) is 6.42 Å². The maximum absolute atomic E-state index is 11.9. The largest absolute Gasteiger partial charge is 0.460 e. The molecule has 0 aromatic heterocycles. The first-order valence-corrected chi connectivity index (χ1v) is 7.16. The highest BCUT2D eigenvalue weighted by molar-refractivity contribution is 5.71. The number of carbonyl (C=O) groups excluding carboxylic acids is 2. The highest BCUT2D eigenvalue weighted by Gasteiger charge is 2.31. The maximum atomic E-state index is 11.9. The van der Waals surface area contributed by atoms with Gasteiger partial charge in [-0.25, -0.2) is 4.79 Å². The van der Waals surface area contributed by atoms with Crippen molar-refractivity contribution in [1.82, 2.24) is 4.90 Å². The third kappa shape index (κ3) is 6.26. The number of hydrogen-bond acceptors (Lipinski definition) is 4. The van der Waals surface area contributed by atoms with Gasteiger partial charge in [-0.05, 0) is 53.9 Å². The van der Waals surface area contributed by atoms with Crippen LogP contribution in [0.1, 0.15) is 54.4 Å². The zero-order valence-corrected chi connectivity index (χ0v) is 13.5. The average Bonchev–Trinajstić information content (AvgIpc) is 2.59. The zero-order valence-electron chi connectivity index (χ0n) is 13.5. The average molecular weight is 285 g/mol. The van der Waals surface area contributed by atoms with Crippen LogP contribution in [0, 0.1) is 5.92 Å². The molecule has 1 rings (SSSR count). The molecule has 116 valence electrons. The number of nitrogens with zero attached hydrogens (tertiary/aromatic N) is 1. The van der Waals surface area contributed by atoms with Crippen molar-refractivity contribution in [3.05, 3.63) is 0 Å². The van der Waals surface area contributed by atoms with Gasteiger partial charge in [0.2, 0.25) is 0 Å². The van der Waals surface area contributed by atoms with Crippen LogP contribution < -0.4 is 0 Å². The Bertz CT molecular complexity index is 365. The van der Waals surface area contributed by atoms with Crippen molar-refractivity contribution in [2.75, 3.05) is 13.1 Å². The lowest BCUT2D eigenvalue weighted by Gasteiger charge is -2.24. The Balaban J connectivity index is 2.40. The SMILES string of the molecule is CC(C)(C)OC(=O)CC1CCN(C(=O)OC(C)(C)C)C1. The quantitative estimate of drug-likeness (QED) is 0.732. The molecule has 5 nitrogen and oxygen atoms in total. The van der Waals surface area contributed by atoms with E-state index in [0.717, 1.165) is 6.42 Å². The fourth-order valence-corrected chi connectivity index (χ4v) is 2.11. The summed E-state index contributed by atoms with van der Waals surface area (Å²) in [6.45, 7) is 12.3. The predicted octanol–water partition coefficient (Wildman–Crippen LogP) is 2.98. The van der Waals surface area contributed by atoms with Gasteiger partial charge in [0.15, 0.2) is 0 Å². The molecule has 1 fully saturated rings. The highest BCUT2D eigenvalue weighted by atomic mass is 16.6. The molecule has 5 heteroatoms. The van der Waals surface area contributed by atoms with Gasteiger partial charge in [0.25, 0.3) is 0 Å². The standard InChI is InChI=1S/C15H27NO4/c1-14(2,3)19-12(17)9-11-7-8-16(10-11)13(18)20-15(4,5)6/h11H,7-10H2,1-6H3. The van der Waals surface area contributed by atoms with Crippen LogP contribution in [0.15, 0.2) is 0 Å². The molecule has 20 heavy (non-hydrogen) atoms. The van der Waals surface area contributed by atoms with Gasteiger partial charge in [0, 0.05) is 13.1 Å². The molecule has 1 heterocycles. The Kier molecular flexibility index (Phi) is 5.05. The minimum atomic E-state index is -0.486. The van der Waals surface area contributed by atoms with E-state index in [2.05, 4.69) is 0 Å². The number of rotatable bonds is 2. The Morgan fingerprint density at radius 3 is 2.10 bits per heavy atom. The second-order valence-electron chi connectivity index (χ2n) is 7.37. The lowest BCUT2D eigenvalue weighted by atomic mass is 10.1. The molecule has 0 aromatic carbocycles. The number of esters is 1. The van der Waals surface area contributed by atoms with E-state index in [9.17, 15) is 9.59 Å². The Morgan fingerprint density at radius 1 is 1.05 bits per heavy atom. The molecule has 1 saturated heterocycles. The van der Waals surface area contributed by atoms with Gasteiger partial charge in [-0.1, -0.05) is 0 Å². The van der Waals surface area contributed by atoms with Gasteiger partial charge < -0.3 is 14.4 Å². The van der Waals surface area contributed by atoms with Gasteiger partial charge in [-0.2, -0.15) is 0 Å². The first-order valence-electron chi connectivity index (χ1n) is 7.16. The molecule has 0 spiro atoms. The van der Waals surface area contributed by atoms with Gasteiger partial charge in [-0.15, -0.1) is 0 Å². The van der Waals surface area contributed by atoms with Crippen molar-refractivity contribution in [2.45, 2.75) is 65.6 Å². The van der Waals surface area contributed by atoms with E-state index < -0.39 is 11.2 Å². The number of amides is 1. The minimum Gasteiger partial charge on any atom is -0.460 e. The lowest BCUT2D eigenvalue weighted by Crippen LogP contribution is -2.35. The van der Waals surface area contributed by atoms with E-state index in [1.54, 1.807) is 4.90 Å². The second-order valence-corrected chi connectivity index (χ2v) is 7.37. The maximum Gasteiger partial charge on any atom is 0.410 e. The molecular weight excluding hydrogens is 258 g/mol. The van der Waals surface area contributed by atoms with E-state index in [-0.39, 0.29) is 18.0 Å². The first kappa shape index (κ1) is 16.8. The van der Waals surface area contributed by atoms with Crippen LogP contribution in [0.25, 0.3) is 0 Å². The van der Waals surface area contributed by atoms with Crippen molar-refractivity contribution in [3.63, 3.8) is 0 Å². The van der Waals surface area contributed by atoms with Gasteiger partial charge in [0.1, 0.15) is 11.2 Å². The third-order valence-electron chi connectivity index (χ3n) is 2.81. The molecule has 1 atom stereocenters. The Morgan fingerprint density at radius 2 is 1.60 bits per heavy atom. The number of ether oxygens (including phenoxy) is 2. The highest BCUT2D eigenvalue weighted by Crippen LogP contribution is 2.23. The van der Waals surface area contributed by atoms with Gasteiger partial charge >= 0.3 is 12.1 Å². The molecule has 1 aliphatic heterocycles. The Labute approximate surface area is 121 Å². The minimum absolute atomic E-state index is 0.164. The summed E-state index contributed by atoms with van der Waals surface area (Å²) >= 11 is 0. The molecule has 0 aromatic rings. The fraction of sp³-hybridized carbons (Fsp3) is 0.867. The number of likely N-dealkylation sites (tertiary alicyclic amines) is 1. The van der Waals surface area contributed by atoms with Crippen LogP contribution in [0.4, 0.5) is 4.79 Å². The van der Waals surface area contributed by atoms with E-state index in [1.807, 2.05) is 41.5 Å². The van der Waals surface area contributed by atoms with Crippen molar-refractivity contribution < 1.29 is 19.1 Å². The van der Waals surface area contributed by atoms with Crippen molar-refractivity contribution in [2.24, 2.45) is 5.92 Å². The molecular formula is C15H27NO4. The first-order chi connectivity index (χ1) is 8.96. The summed E-state index contributed by atoms with van der Waals surface area (Å²) in [4.78, 5) is 25.3. The van der Waals surface area contributed by atoms with Crippen molar-refractivity contribution in [1.29, 1.82) is 0 Å². The summed E-state index contributed by atoms with van der Waals surface area (Å²) in [6, 6.07) is 0. The second kappa shape index (κ2) is 6.02. The zero-order chi connectivity index (χ0) is 15.6. The van der Waals surface area contributed by atoms with E-state index in [0.29, 0.717) is 19.5 Å². The summed E-state index contributed by atoms with van der Waals surface area (Å²) in [5, 5.41) is 0. The summed E-state index contributed by atoms with van der Waals surface area (Å²) in [5.41, 5.74) is -0.944. The van der Waals surface area contributed by atoms with Gasteiger partial charge in [-0.3, -0.25) is 4.79 Å². The molecule has 1 aliphatic rings. The van der Waals surface area contributed by atoms with E-state index >= 15 is 0 Å². The molecule has 0 bridgehead atoms. The van der Waals surface area contributed by atoms with Crippen molar-refractivity contribution >= 4 is 12.1 Å². The van der Waals surface area contributed by atoms with Crippen LogP contribution >= 0.6 is 0 Å². The lowest BCUT2D eigenvalue weighted by molar-refractivity contribution is -0.155. The third-order valence-corrected chi connectivity index (χ3v) is 2.81. The topological polar surface area (TPSA) is 55.8 Å². The fourth-order valence-electron chi connectivity index (χ4n) is 2.11. The van der Waals surface area contributed by atoms with Crippen LogP contribution in [0.5, 0.6) is 0 Å². The molecule has 1 amide bonds. The van der Waals surface area contributed by atoms with Crippen LogP contribution in [0.3, 0.4) is 0 Å². The summed E-state index contributed by atoms with van der Waals surface area (Å²) in [7, 11) is 0. The van der Waals surface area contributed by atoms with E-state index in [4.69, 9.17) is 9.47 Å². The Hall–Kier alpha value is -1.26. The normalized spacial score (nSPS) is 19.9. The molecule has 0 saturated carbocycles. The predicted molar refractivity (Wildman–Crippen MR) is 76.4 cm³/mol. The summed E-state index contributed by atoms with van der Waals surface area (Å²) < 4.78 is 10.6. The monoisotopic (exact) mass is 285 g/mol. The van der Waals surface area contributed by atoms with Crippen molar-refractivity contribution in [3.8, 4) is 0 Å². The van der Waals surface area contributed by atoms with Crippen LogP contribution in [0.2, 0.25) is 0 Å². The van der Waals surface area contributed by atoms with E-state index in [1.165, 1.54) is 0 Å². The summed E-state index contributed by atoms with van der Waals surface area (Å²) in [6.07, 6.45) is 0.874. The molecule has 0 N–H and O–H groups in total. The van der Waals surface area contributed by atoms with Crippen LogP contribution in [-0.4, -0.2) is 41.3 Å². The summed E-state index contributed by atoms with van der Waals surface area (Å²) in [5.74, 6) is -0.0362. The molecule has 0 aliphatic carbocycles. The smallest absolute Gasteiger partial charge is 0.410 e. The number of hydrogen-bond donors (Lipinski definition) is 0. The number of carbonyl (C=O) groups is 2. The molecule has 1 unspecified atom stereocenters. The van der Waals surface area contributed by atoms with Crippen LogP contribution in [-0.2, 0) is 14.3 Å².